The molecule has 0 bridgehead atoms. The molecular formula is C17H28N2O. The Morgan fingerprint density at radius 2 is 1.90 bits per heavy atom. The van der Waals surface area contributed by atoms with Gasteiger partial charge in [-0.05, 0) is 56.6 Å². The fourth-order valence-electron chi connectivity index (χ4n) is 3.15. The third kappa shape index (κ3) is 3.21. The second-order valence-electron chi connectivity index (χ2n) is 6.87. The molecule has 0 aliphatic heterocycles. The SMILES string of the molecule is CCOC1(C(N)c2ccc(C)nc2)CCC(C)(C)CC1. The minimum atomic E-state index is -0.221. The van der Waals surface area contributed by atoms with Crippen molar-refractivity contribution in [1.29, 1.82) is 0 Å². The van der Waals surface area contributed by atoms with Gasteiger partial charge in [-0.25, -0.2) is 0 Å². The highest BCUT2D eigenvalue weighted by Crippen LogP contribution is 2.46. The lowest BCUT2D eigenvalue weighted by molar-refractivity contribution is -0.100. The van der Waals surface area contributed by atoms with Gasteiger partial charge in [0.05, 0.1) is 11.6 Å². The lowest BCUT2D eigenvalue weighted by atomic mass is 9.67. The highest BCUT2D eigenvalue weighted by atomic mass is 16.5. The van der Waals surface area contributed by atoms with Crippen molar-refractivity contribution < 1.29 is 4.74 Å². The zero-order valence-electron chi connectivity index (χ0n) is 13.3. The topological polar surface area (TPSA) is 48.1 Å². The molecule has 0 saturated heterocycles. The van der Waals surface area contributed by atoms with E-state index in [2.05, 4.69) is 31.8 Å². The van der Waals surface area contributed by atoms with E-state index in [0.717, 1.165) is 24.1 Å². The van der Waals surface area contributed by atoms with E-state index in [4.69, 9.17) is 10.5 Å². The standard InChI is InChI=1S/C17H28N2O/c1-5-20-17(10-8-16(3,4)9-11-17)15(18)14-7-6-13(2)19-12-14/h6-7,12,15H,5,8-11,18H2,1-4H3. The molecule has 1 aromatic heterocycles. The minimum Gasteiger partial charge on any atom is -0.373 e. The van der Waals surface area contributed by atoms with Crippen LogP contribution >= 0.6 is 0 Å². The van der Waals surface area contributed by atoms with Gasteiger partial charge in [0.25, 0.3) is 0 Å². The molecule has 1 fully saturated rings. The van der Waals surface area contributed by atoms with E-state index in [9.17, 15) is 0 Å². The largest absolute Gasteiger partial charge is 0.373 e. The summed E-state index contributed by atoms with van der Waals surface area (Å²) in [6, 6.07) is 4.03. The Bertz CT molecular complexity index is 429. The van der Waals surface area contributed by atoms with Crippen LogP contribution in [0.4, 0.5) is 0 Å². The first-order valence-electron chi connectivity index (χ1n) is 7.71. The number of rotatable bonds is 4. The number of hydrogen-bond acceptors (Lipinski definition) is 3. The average Bonchev–Trinajstić information content (AvgIpc) is 2.42. The summed E-state index contributed by atoms with van der Waals surface area (Å²) in [5.41, 5.74) is 8.86. The van der Waals surface area contributed by atoms with Gasteiger partial charge in [-0.15, -0.1) is 0 Å². The van der Waals surface area contributed by atoms with Crippen molar-refractivity contribution in [3.05, 3.63) is 29.6 Å². The molecule has 0 spiro atoms. The van der Waals surface area contributed by atoms with Gasteiger partial charge in [-0.3, -0.25) is 4.98 Å². The molecule has 1 aliphatic rings. The van der Waals surface area contributed by atoms with E-state index in [1.807, 2.05) is 19.2 Å². The van der Waals surface area contributed by atoms with Gasteiger partial charge in [0.1, 0.15) is 0 Å². The predicted octanol–water partition coefficient (Wildman–Crippen LogP) is 3.77. The van der Waals surface area contributed by atoms with Crippen LogP contribution in [0.2, 0.25) is 0 Å². The highest BCUT2D eigenvalue weighted by molar-refractivity contribution is 5.21. The lowest BCUT2D eigenvalue weighted by Crippen LogP contribution is -2.48. The van der Waals surface area contributed by atoms with E-state index in [1.54, 1.807) is 0 Å². The molecule has 1 aliphatic carbocycles. The first kappa shape index (κ1) is 15.5. The van der Waals surface area contributed by atoms with E-state index >= 15 is 0 Å². The van der Waals surface area contributed by atoms with E-state index < -0.39 is 0 Å². The summed E-state index contributed by atoms with van der Waals surface area (Å²) in [5, 5.41) is 0. The molecule has 2 N–H and O–H groups in total. The smallest absolute Gasteiger partial charge is 0.0875 e. The Labute approximate surface area is 122 Å². The summed E-state index contributed by atoms with van der Waals surface area (Å²) >= 11 is 0. The number of hydrogen-bond donors (Lipinski definition) is 1. The van der Waals surface area contributed by atoms with Crippen molar-refractivity contribution in [2.75, 3.05) is 6.61 Å². The zero-order chi connectivity index (χ0) is 14.8. The van der Waals surface area contributed by atoms with Crippen LogP contribution in [0.3, 0.4) is 0 Å². The van der Waals surface area contributed by atoms with Crippen LogP contribution in [-0.2, 0) is 4.74 Å². The summed E-state index contributed by atoms with van der Waals surface area (Å²) in [5.74, 6) is 0. The minimum absolute atomic E-state index is 0.0911. The zero-order valence-corrected chi connectivity index (χ0v) is 13.3. The summed E-state index contributed by atoms with van der Waals surface area (Å²) in [6.07, 6.45) is 6.30. The van der Waals surface area contributed by atoms with Crippen molar-refractivity contribution in [2.45, 2.75) is 65.0 Å². The Morgan fingerprint density at radius 1 is 1.25 bits per heavy atom. The first-order valence-corrected chi connectivity index (χ1v) is 7.71. The molecule has 2 rings (SSSR count). The maximum Gasteiger partial charge on any atom is 0.0875 e. The average molecular weight is 276 g/mol. The van der Waals surface area contributed by atoms with Crippen molar-refractivity contribution >= 4 is 0 Å². The van der Waals surface area contributed by atoms with Crippen LogP contribution < -0.4 is 5.73 Å². The first-order chi connectivity index (χ1) is 9.38. The van der Waals surface area contributed by atoms with Crippen LogP contribution in [0.1, 0.15) is 63.8 Å². The van der Waals surface area contributed by atoms with Gasteiger partial charge in [-0.1, -0.05) is 19.9 Å². The number of pyridine rings is 1. The monoisotopic (exact) mass is 276 g/mol. The van der Waals surface area contributed by atoms with Crippen LogP contribution in [-0.4, -0.2) is 17.2 Å². The molecular weight excluding hydrogens is 248 g/mol. The quantitative estimate of drug-likeness (QED) is 0.910. The number of aryl methyl sites for hydroxylation is 1. The Kier molecular flexibility index (Phi) is 4.50. The van der Waals surface area contributed by atoms with Crippen molar-refractivity contribution in [2.24, 2.45) is 11.1 Å². The van der Waals surface area contributed by atoms with Crippen molar-refractivity contribution in [1.82, 2.24) is 4.98 Å². The molecule has 1 saturated carbocycles. The summed E-state index contributed by atoms with van der Waals surface area (Å²) in [4.78, 5) is 4.38. The van der Waals surface area contributed by atoms with Gasteiger partial charge < -0.3 is 10.5 Å². The third-order valence-electron chi connectivity index (χ3n) is 4.74. The molecule has 1 unspecified atom stereocenters. The molecule has 3 heteroatoms. The number of nitrogens with two attached hydrogens (primary N) is 1. The molecule has 1 atom stereocenters. The molecule has 1 aromatic rings. The Morgan fingerprint density at radius 3 is 2.40 bits per heavy atom. The summed E-state index contributed by atoms with van der Waals surface area (Å²) in [6.45, 7) is 9.44. The second kappa shape index (κ2) is 5.82. The van der Waals surface area contributed by atoms with Crippen LogP contribution in [0.25, 0.3) is 0 Å². The maximum atomic E-state index is 6.56. The normalized spacial score (nSPS) is 22.4. The van der Waals surface area contributed by atoms with Gasteiger partial charge in [0.15, 0.2) is 0 Å². The van der Waals surface area contributed by atoms with Crippen molar-refractivity contribution in [3.8, 4) is 0 Å². The van der Waals surface area contributed by atoms with E-state index in [1.165, 1.54) is 12.8 Å². The van der Waals surface area contributed by atoms with Crippen LogP contribution in [0, 0.1) is 12.3 Å². The summed E-state index contributed by atoms with van der Waals surface area (Å²) < 4.78 is 6.16. The van der Waals surface area contributed by atoms with E-state index in [-0.39, 0.29) is 11.6 Å². The van der Waals surface area contributed by atoms with Gasteiger partial charge in [0, 0.05) is 18.5 Å². The molecule has 1 heterocycles. The predicted molar refractivity (Wildman–Crippen MR) is 82.5 cm³/mol. The fraction of sp³-hybridized carbons (Fsp3) is 0.706. The molecule has 0 aromatic carbocycles. The van der Waals surface area contributed by atoms with Gasteiger partial charge >= 0.3 is 0 Å². The van der Waals surface area contributed by atoms with E-state index in [0.29, 0.717) is 12.0 Å². The molecule has 20 heavy (non-hydrogen) atoms. The molecule has 0 amide bonds. The lowest BCUT2D eigenvalue weighted by Gasteiger charge is -2.46. The molecule has 112 valence electrons. The molecule has 3 nitrogen and oxygen atoms in total. The maximum absolute atomic E-state index is 6.56. The molecule has 0 radical (unpaired) electrons. The highest BCUT2D eigenvalue weighted by Gasteiger charge is 2.43. The van der Waals surface area contributed by atoms with Gasteiger partial charge in [-0.2, -0.15) is 0 Å². The number of ether oxygens (including phenoxy) is 1. The third-order valence-corrected chi connectivity index (χ3v) is 4.74. The Hall–Kier alpha value is -0.930. The number of nitrogens with zero attached hydrogens (tertiary/aromatic N) is 1. The van der Waals surface area contributed by atoms with Crippen LogP contribution in [0.15, 0.2) is 18.3 Å². The van der Waals surface area contributed by atoms with Crippen molar-refractivity contribution in [3.63, 3.8) is 0 Å². The van der Waals surface area contributed by atoms with Gasteiger partial charge in [0.2, 0.25) is 0 Å². The number of aromatic nitrogens is 1. The second-order valence-corrected chi connectivity index (χ2v) is 6.87. The fourth-order valence-corrected chi connectivity index (χ4v) is 3.15. The Balaban J connectivity index is 2.22. The summed E-state index contributed by atoms with van der Waals surface area (Å²) in [7, 11) is 0. The van der Waals surface area contributed by atoms with Crippen LogP contribution in [0.5, 0.6) is 0 Å².